The van der Waals surface area contributed by atoms with E-state index in [2.05, 4.69) is 15.0 Å². The molecule has 2 aliphatic heterocycles. The van der Waals surface area contributed by atoms with Gasteiger partial charge in [0, 0.05) is 6.20 Å². The average Bonchev–Trinajstić information content (AvgIpc) is 3.25. The van der Waals surface area contributed by atoms with Gasteiger partial charge in [-0.1, -0.05) is 23.4 Å². The minimum Gasteiger partial charge on any atom is -0.495 e. The lowest BCUT2D eigenvalue weighted by Crippen LogP contribution is -2.46. The van der Waals surface area contributed by atoms with Crippen LogP contribution in [0.15, 0.2) is 65.9 Å². The number of morpholine rings is 1. The van der Waals surface area contributed by atoms with Crippen molar-refractivity contribution in [1.82, 2.24) is 14.5 Å². The highest BCUT2D eigenvalue weighted by molar-refractivity contribution is 6.01. The molecule has 3 heterocycles. The molecule has 0 bridgehead atoms. The Morgan fingerprint density at radius 3 is 2.78 bits per heavy atom. The van der Waals surface area contributed by atoms with Gasteiger partial charge >= 0.3 is 0 Å². The molecular formula is C24H23FN4O3. The Kier molecular flexibility index (Phi) is 5.26. The summed E-state index contributed by atoms with van der Waals surface area (Å²) >= 11 is 0. The van der Waals surface area contributed by atoms with E-state index in [1.807, 2.05) is 42.0 Å². The predicted molar refractivity (Wildman–Crippen MR) is 118 cm³/mol. The number of halogens is 1. The highest BCUT2D eigenvalue weighted by Crippen LogP contribution is 2.31. The van der Waals surface area contributed by atoms with Gasteiger partial charge in [0.05, 0.1) is 37.4 Å². The number of nitrogens with zero attached hydrogens (tertiary/aromatic N) is 4. The molecule has 3 aromatic rings. The zero-order chi connectivity index (χ0) is 22.1. The number of oxime groups is 1. The van der Waals surface area contributed by atoms with Gasteiger partial charge in [-0.2, -0.15) is 0 Å². The molecule has 8 heteroatoms. The van der Waals surface area contributed by atoms with E-state index in [1.165, 1.54) is 12.1 Å². The second kappa shape index (κ2) is 8.37. The topological polar surface area (TPSA) is 61.1 Å². The molecule has 5 rings (SSSR count). The van der Waals surface area contributed by atoms with Crippen LogP contribution in [0.25, 0.3) is 11.8 Å². The highest BCUT2D eigenvalue weighted by Gasteiger charge is 2.34. The first-order chi connectivity index (χ1) is 15.6. The summed E-state index contributed by atoms with van der Waals surface area (Å²) in [5.74, 6) is 1.71. The fourth-order valence-electron chi connectivity index (χ4n) is 3.99. The number of methoxy groups -OCH3 is 1. The van der Waals surface area contributed by atoms with Crippen LogP contribution in [-0.2, 0) is 9.57 Å². The molecule has 1 aromatic heterocycles. The maximum atomic E-state index is 13.4. The first kappa shape index (κ1) is 20.1. The van der Waals surface area contributed by atoms with Gasteiger partial charge in [-0.25, -0.2) is 9.37 Å². The Bertz CT molecular complexity index is 1190. The summed E-state index contributed by atoms with van der Waals surface area (Å²) in [6, 6.07) is 12.4. The highest BCUT2D eigenvalue weighted by atomic mass is 19.1. The lowest BCUT2D eigenvalue weighted by Gasteiger charge is -2.39. The number of aromatic nitrogens is 2. The van der Waals surface area contributed by atoms with Crippen molar-refractivity contribution in [3.8, 4) is 11.4 Å². The largest absolute Gasteiger partial charge is 0.495 e. The summed E-state index contributed by atoms with van der Waals surface area (Å²) < 4.78 is 26.9. The Hall–Kier alpha value is -3.81. The molecule has 0 saturated carbocycles. The molecule has 2 aliphatic rings. The Balaban J connectivity index is 1.45. The Morgan fingerprint density at radius 1 is 1.19 bits per heavy atom. The molecule has 0 spiro atoms. The summed E-state index contributed by atoms with van der Waals surface area (Å²) in [7, 11) is 1.64. The third-order valence-electron chi connectivity index (χ3n) is 5.59. The van der Waals surface area contributed by atoms with Crippen molar-refractivity contribution in [1.29, 1.82) is 0 Å². The van der Waals surface area contributed by atoms with Gasteiger partial charge in [0.1, 0.15) is 24.8 Å². The minimum atomic E-state index is -0.259. The summed E-state index contributed by atoms with van der Waals surface area (Å²) in [6.07, 6.45) is 5.63. The zero-order valence-electron chi connectivity index (χ0n) is 17.9. The van der Waals surface area contributed by atoms with E-state index in [4.69, 9.17) is 14.3 Å². The van der Waals surface area contributed by atoms with E-state index in [0.29, 0.717) is 31.4 Å². The van der Waals surface area contributed by atoms with Crippen molar-refractivity contribution in [3.63, 3.8) is 0 Å². The summed E-state index contributed by atoms with van der Waals surface area (Å²) in [5, 5.41) is 4.26. The maximum absolute atomic E-state index is 13.4. The van der Waals surface area contributed by atoms with E-state index < -0.39 is 0 Å². The van der Waals surface area contributed by atoms with Crippen molar-refractivity contribution >= 4 is 11.9 Å². The van der Waals surface area contributed by atoms with Gasteiger partial charge in [-0.15, -0.1) is 0 Å². The van der Waals surface area contributed by atoms with Crippen LogP contribution in [0.4, 0.5) is 4.39 Å². The van der Waals surface area contributed by atoms with Crippen LogP contribution >= 0.6 is 0 Å². The number of fused-ring (bicyclic) bond motifs is 1. The molecule has 1 saturated heterocycles. The van der Waals surface area contributed by atoms with Gasteiger partial charge < -0.3 is 23.8 Å². The van der Waals surface area contributed by atoms with Gasteiger partial charge in [-0.05, 0) is 48.4 Å². The van der Waals surface area contributed by atoms with Crippen LogP contribution in [0, 0.1) is 12.7 Å². The average molecular weight is 434 g/mol. The summed E-state index contributed by atoms with van der Waals surface area (Å²) in [6.45, 7) is 3.53. The van der Waals surface area contributed by atoms with Crippen LogP contribution in [0.3, 0.4) is 0 Å². The van der Waals surface area contributed by atoms with Crippen LogP contribution in [0.2, 0.25) is 0 Å². The molecule has 1 unspecified atom stereocenters. The molecule has 7 nitrogen and oxygen atoms in total. The van der Waals surface area contributed by atoms with E-state index in [1.54, 1.807) is 25.6 Å². The van der Waals surface area contributed by atoms with E-state index in [0.717, 1.165) is 28.3 Å². The lowest BCUT2D eigenvalue weighted by atomic mass is 10.0. The Morgan fingerprint density at radius 2 is 2.03 bits per heavy atom. The first-order valence-electron chi connectivity index (χ1n) is 10.4. The van der Waals surface area contributed by atoms with Crippen LogP contribution < -0.4 is 4.74 Å². The quantitative estimate of drug-likeness (QED) is 0.619. The van der Waals surface area contributed by atoms with Crippen LogP contribution in [0.1, 0.15) is 22.9 Å². The van der Waals surface area contributed by atoms with Crippen molar-refractivity contribution in [3.05, 3.63) is 83.4 Å². The smallest absolute Gasteiger partial charge is 0.211 e. The number of aryl methyl sites for hydroxylation is 1. The summed E-state index contributed by atoms with van der Waals surface area (Å²) in [5.41, 5.74) is 3.71. The molecule has 2 aromatic carbocycles. The molecule has 1 fully saturated rings. The third kappa shape index (κ3) is 3.79. The molecule has 1 atom stereocenters. The maximum Gasteiger partial charge on any atom is 0.211 e. The molecular weight excluding hydrogens is 411 g/mol. The number of imidazole rings is 1. The van der Waals surface area contributed by atoms with Gasteiger partial charge in [0.2, 0.25) is 5.84 Å². The molecule has 0 amide bonds. The second-order valence-corrected chi connectivity index (χ2v) is 7.68. The normalized spacial score (nSPS) is 19.1. The number of hydrogen-bond donors (Lipinski definition) is 0. The number of rotatable bonds is 4. The number of ether oxygens (including phenoxy) is 2. The fraction of sp³-hybridized carbons (Fsp3) is 0.250. The van der Waals surface area contributed by atoms with Crippen molar-refractivity contribution in [2.24, 2.45) is 5.16 Å². The second-order valence-electron chi connectivity index (χ2n) is 7.68. The van der Waals surface area contributed by atoms with E-state index >= 15 is 0 Å². The number of amidine groups is 1. The lowest BCUT2D eigenvalue weighted by molar-refractivity contribution is 0.0349. The minimum absolute atomic E-state index is 0.0585. The number of hydrogen-bond acceptors (Lipinski definition) is 6. The van der Waals surface area contributed by atoms with Crippen molar-refractivity contribution in [2.75, 3.05) is 26.9 Å². The molecule has 0 radical (unpaired) electrons. The first-order valence-corrected chi connectivity index (χ1v) is 10.4. The van der Waals surface area contributed by atoms with Crippen molar-refractivity contribution < 1.29 is 18.7 Å². The number of benzene rings is 2. The van der Waals surface area contributed by atoms with Crippen LogP contribution in [-0.4, -0.2) is 47.2 Å². The van der Waals surface area contributed by atoms with Gasteiger partial charge in [0.15, 0.2) is 5.76 Å². The van der Waals surface area contributed by atoms with Crippen molar-refractivity contribution in [2.45, 2.75) is 13.0 Å². The van der Waals surface area contributed by atoms with E-state index in [-0.39, 0.29) is 11.9 Å². The summed E-state index contributed by atoms with van der Waals surface area (Å²) in [4.78, 5) is 12.0. The Labute approximate surface area is 185 Å². The zero-order valence-corrected chi connectivity index (χ0v) is 17.9. The van der Waals surface area contributed by atoms with Gasteiger partial charge in [-0.3, -0.25) is 0 Å². The predicted octanol–water partition coefficient (Wildman–Crippen LogP) is 4.09. The monoisotopic (exact) mass is 434 g/mol. The molecule has 0 aliphatic carbocycles. The van der Waals surface area contributed by atoms with E-state index in [9.17, 15) is 4.39 Å². The fourth-order valence-corrected chi connectivity index (χ4v) is 3.99. The molecule has 0 N–H and O–H groups in total. The molecule has 32 heavy (non-hydrogen) atoms. The standard InChI is InChI=1S/C24H23FN4O3/c1-16-13-28(15-26-16)20-8-3-17(11-22(20)30-2)12-23-24-27-32-14-21(29(24)9-10-31-23)18-4-6-19(25)7-5-18/h3-8,11-13,15,21H,9-10,14H2,1-2H3. The van der Waals surface area contributed by atoms with Crippen LogP contribution in [0.5, 0.6) is 5.75 Å². The third-order valence-corrected chi connectivity index (χ3v) is 5.59. The SMILES string of the molecule is COc1cc(C=C2OCCN3C2=NOCC3c2ccc(F)cc2)ccc1-n1cnc(C)c1. The van der Waals surface area contributed by atoms with Gasteiger partial charge in [0.25, 0.3) is 0 Å². The molecule has 164 valence electrons.